The Balaban J connectivity index is 2.34. The number of carbonyl (C=O) groups is 2. The van der Waals surface area contributed by atoms with Crippen molar-refractivity contribution < 1.29 is 19.4 Å². The standard InChI is InChI=1S/C16H19NO4/c1-15(2)11(13(18)16(3,4)21-15)9-17-12-8-6-5-7-10(12)14(19)20/h5-9,17H,1-4H3,(H,19,20). The topological polar surface area (TPSA) is 75.6 Å². The number of rotatable bonds is 3. The second kappa shape index (κ2) is 5.00. The number of Topliss-reactive ketones (excluding diaryl/α,β-unsaturated/α-hetero) is 1. The number of carbonyl (C=O) groups excluding carboxylic acids is 1. The summed E-state index contributed by atoms with van der Waals surface area (Å²) in [6, 6.07) is 6.54. The quantitative estimate of drug-likeness (QED) is 0.837. The third-order valence-electron chi connectivity index (χ3n) is 3.48. The first-order chi connectivity index (χ1) is 9.65. The van der Waals surface area contributed by atoms with E-state index < -0.39 is 17.2 Å². The predicted octanol–water partition coefficient (Wildman–Crippen LogP) is 2.84. The summed E-state index contributed by atoms with van der Waals surface area (Å²) < 4.78 is 5.75. The molecule has 0 spiro atoms. The SMILES string of the molecule is CC1(C)OC(C)(C)C(=CNc2ccccc2C(=O)O)C1=O. The van der Waals surface area contributed by atoms with Gasteiger partial charge in [-0.05, 0) is 39.8 Å². The molecule has 21 heavy (non-hydrogen) atoms. The molecule has 1 aliphatic rings. The third kappa shape index (κ3) is 2.83. The molecule has 0 aliphatic carbocycles. The van der Waals surface area contributed by atoms with Crippen molar-refractivity contribution in [1.82, 2.24) is 0 Å². The number of carboxylic acid groups (broad SMARTS) is 1. The summed E-state index contributed by atoms with van der Waals surface area (Å²) >= 11 is 0. The van der Waals surface area contributed by atoms with Crippen molar-refractivity contribution >= 4 is 17.4 Å². The molecule has 0 bridgehead atoms. The molecule has 1 aliphatic heterocycles. The maximum atomic E-state index is 12.3. The van der Waals surface area contributed by atoms with Crippen LogP contribution in [0.2, 0.25) is 0 Å². The fraction of sp³-hybridized carbons (Fsp3) is 0.375. The molecule has 2 rings (SSSR count). The lowest BCUT2D eigenvalue weighted by Gasteiger charge is -2.22. The lowest BCUT2D eigenvalue weighted by atomic mass is 9.93. The third-order valence-corrected chi connectivity index (χ3v) is 3.48. The first-order valence-electron chi connectivity index (χ1n) is 6.69. The number of hydrogen-bond donors (Lipinski definition) is 2. The highest BCUT2D eigenvalue weighted by Gasteiger charge is 2.49. The van der Waals surface area contributed by atoms with Gasteiger partial charge in [0.15, 0.2) is 5.78 Å². The Hall–Kier alpha value is -2.14. The van der Waals surface area contributed by atoms with E-state index in [2.05, 4.69) is 5.32 Å². The van der Waals surface area contributed by atoms with Crippen molar-refractivity contribution in [1.29, 1.82) is 0 Å². The Labute approximate surface area is 123 Å². The molecular weight excluding hydrogens is 270 g/mol. The van der Waals surface area contributed by atoms with E-state index in [4.69, 9.17) is 9.84 Å². The van der Waals surface area contributed by atoms with Gasteiger partial charge in [0, 0.05) is 11.8 Å². The number of nitrogens with one attached hydrogen (secondary N) is 1. The van der Waals surface area contributed by atoms with E-state index in [1.165, 1.54) is 6.07 Å². The zero-order valence-electron chi connectivity index (χ0n) is 12.6. The van der Waals surface area contributed by atoms with Crippen molar-refractivity contribution in [2.24, 2.45) is 0 Å². The molecule has 5 nitrogen and oxygen atoms in total. The van der Waals surface area contributed by atoms with Crippen molar-refractivity contribution in [2.75, 3.05) is 5.32 Å². The molecule has 0 aromatic heterocycles. The average Bonchev–Trinajstić information content (AvgIpc) is 2.52. The molecule has 0 unspecified atom stereocenters. The van der Waals surface area contributed by atoms with E-state index in [9.17, 15) is 9.59 Å². The van der Waals surface area contributed by atoms with Crippen LogP contribution < -0.4 is 5.32 Å². The van der Waals surface area contributed by atoms with E-state index in [1.807, 2.05) is 13.8 Å². The zero-order valence-corrected chi connectivity index (χ0v) is 12.6. The fourth-order valence-electron chi connectivity index (χ4n) is 2.52. The Kier molecular flexibility index (Phi) is 3.63. The van der Waals surface area contributed by atoms with Gasteiger partial charge in [0.25, 0.3) is 0 Å². The average molecular weight is 289 g/mol. The van der Waals surface area contributed by atoms with Crippen LogP contribution >= 0.6 is 0 Å². The van der Waals surface area contributed by atoms with Gasteiger partial charge >= 0.3 is 5.97 Å². The summed E-state index contributed by atoms with van der Waals surface area (Å²) in [6.07, 6.45) is 1.54. The highest BCUT2D eigenvalue weighted by Crippen LogP contribution is 2.38. The maximum Gasteiger partial charge on any atom is 0.337 e. The van der Waals surface area contributed by atoms with Crippen molar-refractivity contribution in [3.8, 4) is 0 Å². The van der Waals surface area contributed by atoms with Crippen LogP contribution in [-0.4, -0.2) is 28.1 Å². The molecular formula is C16H19NO4. The minimum atomic E-state index is -1.02. The number of ether oxygens (including phenoxy) is 1. The smallest absolute Gasteiger partial charge is 0.337 e. The summed E-state index contributed by atoms with van der Waals surface area (Å²) in [6.45, 7) is 7.08. The van der Waals surface area contributed by atoms with Gasteiger partial charge in [0.1, 0.15) is 5.60 Å². The molecule has 1 fully saturated rings. The molecule has 112 valence electrons. The second-order valence-corrected chi connectivity index (χ2v) is 6.00. The second-order valence-electron chi connectivity index (χ2n) is 6.00. The molecule has 0 radical (unpaired) electrons. The summed E-state index contributed by atoms with van der Waals surface area (Å²) in [7, 11) is 0. The normalized spacial score (nSPS) is 21.5. The van der Waals surface area contributed by atoms with E-state index >= 15 is 0 Å². The van der Waals surface area contributed by atoms with Gasteiger partial charge in [-0.15, -0.1) is 0 Å². The minimum Gasteiger partial charge on any atom is -0.478 e. The largest absolute Gasteiger partial charge is 0.478 e. The molecule has 0 saturated carbocycles. The highest BCUT2D eigenvalue weighted by atomic mass is 16.5. The molecule has 2 N–H and O–H groups in total. The Bertz CT molecular complexity index is 629. The number of para-hydroxylation sites is 1. The van der Waals surface area contributed by atoms with E-state index in [0.717, 1.165) is 0 Å². The van der Waals surface area contributed by atoms with Gasteiger partial charge in [0.05, 0.1) is 16.9 Å². The lowest BCUT2D eigenvalue weighted by molar-refractivity contribution is -0.132. The van der Waals surface area contributed by atoms with Gasteiger partial charge in [0.2, 0.25) is 0 Å². The zero-order chi connectivity index (χ0) is 15.8. The molecule has 1 aromatic rings. The number of carboxylic acids is 1. The van der Waals surface area contributed by atoms with Crippen molar-refractivity contribution in [3.05, 3.63) is 41.6 Å². The van der Waals surface area contributed by atoms with Crippen molar-refractivity contribution in [3.63, 3.8) is 0 Å². The van der Waals surface area contributed by atoms with Gasteiger partial charge < -0.3 is 15.2 Å². The van der Waals surface area contributed by atoms with E-state index in [0.29, 0.717) is 11.3 Å². The maximum absolute atomic E-state index is 12.3. The predicted molar refractivity (Wildman–Crippen MR) is 79.4 cm³/mol. The van der Waals surface area contributed by atoms with E-state index in [-0.39, 0.29) is 11.3 Å². The van der Waals surface area contributed by atoms with Crippen LogP contribution in [0.4, 0.5) is 5.69 Å². The van der Waals surface area contributed by atoms with Gasteiger partial charge in [-0.3, -0.25) is 4.79 Å². The number of benzene rings is 1. The molecule has 1 saturated heterocycles. The van der Waals surface area contributed by atoms with Crippen LogP contribution in [0.3, 0.4) is 0 Å². The molecule has 1 aromatic carbocycles. The molecule has 5 heteroatoms. The molecule has 1 heterocycles. The first kappa shape index (κ1) is 15.3. The first-order valence-corrected chi connectivity index (χ1v) is 6.69. The summed E-state index contributed by atoms with van der Waals surface area (Å²) in [5.41, 5.74) is -0.508. The number of hydrogen-bond acceptors (Lipinski definition) is 4. The molecule has 0 atom stereocenters. The number of anilines is 1. The Morgan fingerprint density at radius 2 is 1.81 bits per heavy atom. The summed E-state index contributed by atoms with van der Waals surface area (Å²) in [5, 5.41) is 12.1. The van der Waals surface area contributed by atoms with Crippen LogP contribution in [0.5, 0.6) is 0 Å². The monoisotopic (exact) mass is 289 g/mol. The van der Waals surface area contributed by atoms with Gasteiger partial charge in [-0.25, -0.2) is 4.79 Å². The fourth-order valence-corrected chi connectivity index (χ4v) is 2.52. The van der Waals surface area contributed by atoms with Crippen LogP contribution in [0.1, 0.15) is 38.1 Å². The van der Waals surface area contributed by atoms with Gasteiger partial charge in [-0.1, -0.05) is 12.1 Å². The highest BCUT2D eigenvalue weighted by molar-refractivity contribution is 6.05. The summed E-state index contributed by atoms with van der Waals surface area (Å²) in [5.74, 6) is -1.13. The van der Waals surface area contributed by atoms with Crippen LogP contribution in [0.25, 0.3) is 0 Å². The minimum absolute atomic E-state index is 0.104. The summed E-state index contributed by atoms with van der Waals surface area (Å²) in [4.78, 5) is 23.5. The number of ketones is 1. The van der Waals surface area contributed by atoms with Crippen LogP contribution in [0, 0.1) is 0 Å². The van der Waals surface area contributed by atoms with Gasteiger partial charge in [-0.2, -0.15) is 0 Å². The lowest BCUT2D eigenvalue weighted by Crippen LogP contribution is -2.29. The van der Waals surface area contributed by atoms with Crippen molar-refractivity contribution in [2.45, 2.75) is 38.9 Å². The number of aromatic carboxylic acids is 1. The van der Waals surface area contributed by atoms with E-state index in [1.54, 1.807) is 38.2 Å². The molecule has 0 amide bonds. The van der Waals surface area contributed by atoms with Crippen LogP contribution in [0.15, 0.2) is 36.0 Å². The Morgan fingerprint density at radius 1 is 1.19 bits per heavy atom. The Morgan fingerprint density at radius 3 is 2.33 bits per heavy atom. The van der Waals surface area contributed by atoms with Crippen LogP contribution in [-0.2, 0) is 9.53 Å².